The average Bonchev–Trinajstić information content (AvgIpc) is 3.85. The Bertz CT molecular complexity index is 3870. The highest BCUT2D eigenvalue weighted by atomic mass is 15.2. The minimum absolute atomic E-state index is 0.568. The van der Waals surface area contributed by atoms with Crippen molar-refractivity contribution in [2.45, 2.75) is 0 Å². The highest BCUT2D eigenvalue weighted by molar-refractivity contribution is 6.26. The van der Waals surface area contributed by atoms with Crippen LogP contribution in [-0.4, -0.2) is 24.1 Å². The van der Waals surface area contributed by atoms with E-state index < -0.39 is 0 Å². The van der Waals surface area contributed by atoms with Crippen LogP contribution in [0.2, 0.25) is 0 Å². The monoisotopic (exact) mass is 789 g/mol. The van der Waals surface area contributed by atoms with Gasteiger partial charge in [-0.15, -0.1) is 0 Å². The lowest BCUT2D eigenvalue weighted by Crippen LogP contribution is -2.06. The number of para-hydroxylation sites is 2. The van der Waals surface area contributed by atoms with E-state index in [9.17, 15) is 0 Å². The summed E-state index contributed by atoms with van der Waals surface area (Å²) in [4.78, 5) is 15.7. The van der Waals surface area contributed by atoms with Crippen LogP contribution in [-0.2, 0) is 0 Å². The maximum atomic E-state index is 5.30. The number of aromatic nitrogens is 5. The van der Waals surface area contributed by atoms with E-state index in [1.165, 1.54) is 48.7 Å². The molecule has 288 valence electrons. The van der Waals surface area contributed by atoms with E-state index in [2.05, 4.69) is 197 Å². The third-order valence-corrected chi connectivity index (χ3v) is 12.6. The van der Waals surface area contributed by atoms with Crippen LogP contribution < -0.4 is 0 Å². The van der Waals surface area contributed by atoms with Crippen LogP contribution in [0.3, 0.4) is 0 Å². The van der Waals surface area contributed by atoms with Gasteiger partial charge in [-0.3, -0.25) is 4.57 Å². The van der Waals surface area contributed by atoms with E-state index in [1.807, 2.05) is 24.3 Å². The zero-order valence-corrected chi connectivity index (χ0v) is 33.4. The number of hydrogen-bond acceptors (Lipinski definition) is 3. The van der Waals surface area contributed by atoms with Gasteiger partial charge in [0.2, 0.25) is 5.95 Å². The topological polar surface area (TPSA) is 48.5 Å². The molecule has 0 amide bonds. The summed E-state index contributed by atoms with van der Waals surface area (Å²) < 4.78 is 4.65. The molecule has 0 radical (unpaired) electrons. The second-order valence-corrected chi connectivity index (χ2v) is 16.0. The van der Waals surface area contributed by atoms with E-state index in [0.29, 0.717) is 17.6 Å². The van der Waals surface area contributed by atoms with Crippen LogP contribution in [0.15, 0.2) is 212 Å². The molecule has 5 nitrogen and oxygen atoms in total. The molecule has 0 unspecified atom stereocenters. The smallest absolute Gasteiger partial charge is 0.238 e. The molecular formula is C57H35N5. The first kappa shape index (κ1) is 34.5. The van der Waals surface area contributed by atoms with Crippen LogP contribution >= 0.6 is 0 Å². The first-order valence-corrected chi connectivity index (χ1v) is 21.0. The van der Waals surface area contributed by atoms with Gasteiger partial charge in [-0.1, -0.05) is 176 Å². The van der Waals surface area contributed by atoms with E-state index in [1.54, 1.807) is 0 Å². The number of hydrogen-bond donors (Lipinski definition) is 0. The van der Waals surface area contributed by atoms with Gasteiger partial charge < -0.3 is 4.57 Å². The molecule has 13 aromatic rings. The van der Waals surface area contributed by atoms with Crippen molar-refractivity contribution in [3.8, 4) is 45.5 Å². The molecule has 0 bridgehead atoms. The van der Waals surface area contributed by atoms with Crippen molar-refractivity contribution in [3.05, 3.63) is 212 Å². The highest BCUT2D eigenvalue weighted by Gasteiger charge is 2.22. The molecule has 0 fully saturated rings. The largest absolute Gasteiger partial charge is 0.309 e. The van der Waals surface area contributed by atoms with Gasteiger partial charge in [0.15, 0.2) is 11.6 Å². The van der Waals surface area contributed by atoms with E-state index in [0.717, 1.165) is 55.2 Å². The third-order valence-electron chi connectivity index (χ3n) is 12.6. The molecule has 10 aromatic carbocycles. The van der Waals surface area contributed by atoms with Crippen molar-refractivity contribution in [2.24, 2.45) is 0 Å². The lowest BCUT2D eigenvalue weighted by atomic mass is 9.94. The molecule has 0 atom stereocenters. The van der Waals surface area contributed by atoms with Gasteiger partial charge in [-0.2, -0.15) is 9.97 Å². The fraction of sp³-hybridized carbons (Fsp3) is 0. The summed E-state index contributed by atoms with van der Waals surface area (Å²) in [6, 6.07) is 75.7. The molecule has 5 heteroatoms. The second-order valence-electron chi connectivity index (χ2n) is 16.0. The Morgan fingerprint density at radius 1 is 0.242 bits per heavy atom. The number of rotatable bonds is 5. The quantitative estimate of drug-likeness (QED) is 0.163. The van der Waals surface area contributed by atoms with Crippen molar-refractivity contribution < 1.29 is 0 Å². The average molecular weight is 790 g/mol. The van der Waals surface area contributed by atoms with Gasteiger partial charge in [0.05, 0.1) is 22.1 Å². The van der Waals surface area contributed by atoms with Crippen molar-refractivity contribution >= 4 is 75.9 Å². The molecule has 13 rings (SSSR count). The minimum atomic E-state index is 0.568. The summed E-state index contributed by atoms with van der Waals surface area (Å²) in [5, 5.41) is 12.2. The molecule has 0 aliphatic heterocycles. The first-order chi connectivity index (χ1) is 30.7. The zero-order chi connectivity index (χ0) is 40.7. The van der Waals surface area contributed by atoms with Gasteiger partial charge in [0.1, 0.15) is 0 Å². The predicted octanol–water partition coefficient (Wildman–Crippen LogP) is 14.5. The summed E-state index contributed by atoms with van der Waals surface area (Å²) in [5.74, 6) is 1.80. The maximum Gasteiger partial charge on any atom is 0.238 e. The van der Waals surface area contributed by atoms with Crippen molar-refractivity contribution in [2.75, 3.05) is 0 Å². The summed E-state index contributed by atoms with van der Waals surface area (Å²) >= 11 is 0. The van der Waals surface area contributed by atoms with Crippen molar-refractivity contribution in [3.63, 3.8) is 0 Å². The standard InChI is InChI=1S/C57H35N5/c1-3-15-36(16-4-1)37-27-29-39(30-28-37)56-58-55(38-17-5-2-6-18-38)59-57(60-56)62-52-26-14-12-24-47(52)50-34-49-46-23-11-13-25-51(46)61(53(49)35-54(50)62)40-31-32-45-43-21-8-7-19-41(43)42-20-9-10-22-44(42)48(45)33-40/h1-35H. The molecule has 0 saturated carbocycles. The van der Waals surface area contributed by atoms with Crippen LogP contribution in [0.25, 0.3) is 121 Å². The van der Waals surface area contributed by atoms with Crippen LogP contribution in [0.1, 0.15) is 0 Å². The van der Waals surface area contributed by atoms with Gasteiger partial charge in [0.25, 0.3) is 0 Å². The number of benzene rings is 10. The molecule has 0 aliphatic carbocycles. The third kappa shape index (κ3) is 5.25. The lowest BCUT2D eigenvalue weighted by molar-refractivity contribution is 0.953. The summed E-state index contributed by atoms with van der Waals surface area (Å²) in [6.07, 6.45) is 0. The Labute approximate surface area is 356 Å². The van der Waals surface area contributed by atoms with Gasteiger partial charge >= 0.3 is 0 Å². The SMILES string of the molecule is c1ccc(-c2ccc(-c3nc(-c4ccccc4)nc(-n4c5ccccc5c5cc6c7ccccc7n(-c7ccc8c9ccccc9c9ccccc9c8c7)c6cc54)n3)cc2)cc1. The van der Waals surface area contributed by atoms with Crippen LogP contribution in [0.5, 0.6) is 0 Å². The van der Waals surface area contributed by atoms with Crippen molar-refractivity contribution in [1.82, 2.24) is 24.1 Å². The number of nitrogens with zero attached hydrogens (tertiary/aromatic N) is 5. The highest BCUT2D eigenvalue weighted by Crippen LogP contribution is 2.42. The van der Waals surface area contributed by atoms with Gasteiger partial charge in [-0.05, 0) is 79.8 Å². The van der Waals surface area contributed by atoms with Crippen LogP contribution in [0, 0.1) is 0 Å². The predicted molar refractivity (Wildman–Crippen MR) is 257 cm³/mol. The Morgan fingerprint density at radius 2 is 0.661 bits per heavy atom. The Morgan fingerprint density at radius 3 is 1.26 bits per heavy atom. The summed E-state index contributed by atoms with van der Waals surface area (Å²) in [7, 11) is 0. The van der Waals surface area contributed by atoms with E-state index >= 15 is 0 Å². The normalized spacial score (nSPS) is 11.9. The Balaban J connectivity index is 1.08. The molecule has 3 aromatic heterocycles. The minimum Gasteiger partial charge on any atom is -0.309 e. The van der Waals surface area contributed by atoms with E-state index in [-0.39, 0.29) is 0 Å². The Kier molecular flexibility index (Phi) is 7.54. The Hall–Kier alpha value is -8.41. The van der Waals surface area contributed by atoms with Gasteiger partial charge in [0, 0.05) is 38.4 Å². The summed E-state index contributed by atoms with van der Waals surface area (Å²) in [5.41, 5.74) is 9.59. The molecule has 0 N–H and O–H groups in total. The molecule has 0 spiro atoms. The van der Waals surface area contributed by atoms with Crippen LogP contribution in [0.4, 0.5) is 0 Å². The lowest BCUT2D eigenvalue weighted by Gasteiger charge is -2.14. The molecule has 0 saturated heterocycles. The fourth-order valence-electron chi connectivity index (χ4n) is 9.71. The molecular weight excluding hydrogens is 755 g/mol. The maximum absolute atomic E-state index is 5.30. The molecule has 62 heavy (non-hydrogen) atoms. The summed E-state index contributed by atoms with van der Waals surface area (Å²) in [6.45, 7) is 0. The fourth-order valence-corrected chi connectivity index (χ4v) is 9.71. The molecule has 0 aliphatic rings. The van der Waals surface area contributed by atoms with E-state index in [4.69, 9.17) is 15.0 Å². The second kappa shape index (κ2) is 13.6. The zero-order valence-electron chi connectivity index (χ0n) is 33.4. The first-order valence-electron chi connectivity index (χ1n) is 21.0. The van der Waals surface area contributed by atoms with Crippen molar-refractivity contribution in [1.29, 1.82) is 0 Å². The van der Waals surface area contributed by atoms with Gasteiger partial charge in [-0.25, -0.2) is 4.98 Å². The molecule has 3 heterocycles. The number of fused-ring (bicyclic) bond motifs is 12.